The lowest BCUT2D eigenvalue weighted by molar-refractivity contribution is -0.123. The fourth-order valence-corrected chi connectivity index (χ4v) is 2.87. The van der Waals surface area contributed by atoms with Crippen molar-refractivity contribution in [2.24, 2.45) is 0 Å². The van der Waals surface area contributed by atoms with E-state index in [0.29, 0.717) is 24.5 Å². The number of hydrogen-bond donors (Lipinski definition) is 3. The smallest absolute Gasteiger partial charge is 0.340 e. The highest BCUT2D eigenvalue weighted by Gasteiger charge is 2.08. The van der Waals surface area contributed by atoms with Crippen molar-refractivity contribution in [2.45, 2.75) is 6.42 Å². The van der Waals surface area contributed by atoms with Gasteiger partial charge in [-0.25, -0.2) is 9.89 Å². The molecule has 7 nitrogen and oxygen atoms in total. The second-order valence-electron chi connectivity index (χ2n) is 5.11. The van der Waals surface area contributed by atoms with Gasteiger partial charge in [-0.05, 0) is 32.8 Å². The monoisotopic (exact) mass is 390 g/mol. The van der Waals surface area contributed by atoms with Gasteiger partial charge in [0.1, 0.15) is 11.6 Å². The number of halogens is 1. The molecule has 3 N–H and O–H groups in total. The maximum atomic E-state index is 11.8. The number of nitrogens with zero attached hydrogens (tertiary/aromatic N) is 1. The van der Waals surface area contributed by atoms with E-state index in [0.717, 1.165) is 15.2 Å². The van der Waals surface area contributed by atoms with Crippen LogP contribution in [0.15, 0.2) is 45.7 Å². The Morgan fingerprint density at radius 2 is 2.08 bits per heavy atom. The van der Waals surface area contributed by atoms with Crippen LogP contribution in [0.3, 0.4) is 0 Å². The van der Waals surface area contributed by atoms with Gasteiger partial charge in [0, 0.05) is 13.0 Å². The van der Waals surface area contributed by atoms with Gasteiger partial charge >= 0.3 is 5.69 Å². The first-order valence-electron chi connectivity index (χ1n) is 7.34. The summed E-state index contributed by atoms with van der Waals surface area (Å²) in [4.78, 5) is 25.2. The Morgan fingerprint density at radius 1 is 1.25 bits per heavy atom. The predicted octanol–water partition coefficient (Wildman–Crippen LogP) is 1.75. The summed E-state index contributed by atoms with van der Waals surface area (Å²) in [5.41, 5.74) is -0.360. The molecule has 0 unspecified atom stereocenters. The Balaban J connectivity index is 1.52. The summed E-state index contributed by atoms with van der Waals surface area (Å²) >= 11 is 3.52. The third-order valence-electron chi connectivity index (χ3n) is 3.42. The fraction of sp³-hybridized carbons (Fsp3) is 0.188. The highest BCUT2D eigenvalue weighted by molar-refractivity contribution is 9.10. The molecule has 0 radical (unpaired) electrons. The van der Waals surface area contributed by atoms with E-state index in [1.165, 1.54) is 0 Å². The summed E-state index contributed by atoms with van der Waals surface area (Å²) in [6.07, 6.45) is 0.435. The Labute approximate surface area is 145 Å². The number of aromatic nitrogens is 3. The van der Waals surface area contributed by atoms with E-state index in [4.69, 9.17) is 4.74 Å². The van der Waals surface area contributed by atoms with E-state index < -0.39 is 0 Å². The molecule has 1 heterocycles. The number of carbonyl (C=O) groups excluding carboxylic acids is 1. The number of hydrogen-bond acceptors (Lipinski definition) is 4. The van der Waals surface area contributed by atoms with Gasteiger partial charge in [-0.3, -0.25) is 9.78 Å². The molecule has 0 aliphatic heterocycles. The summed E-state index contributed by atoms with van der Waals surface area (Å²) in [5, 5.41) is 10.9. The fourth-order valence-electron chi connectivity index (χ4n) is 2.26. The largest absolute Gasteiger partial charge is 0.483 e. The summed E-state index contributed by atoms with van der Waals surface area (Å²) in [5.74, 6) is 0.868. The van der Waals surface area contributed by atoms with E-state index in [1.54, 1.807) is 0 Å². The van der Waals surface area contributed by atoms with Gasteiger partial charge < -0.3 is 10.1 Å². The van der Waals surface area contributed by atoms with E-state index in [-0.39, 0.29) is 18.2 Å². The summed E-state index contributed by atoms with van der Waals surface area (Å²) < 4.78 is 6.40. The van der Waals surface area contributed by atoms with Gasteiger partial charge in [-0.15, -0.1) is 0 Å². The summed E-state index contributed by atoms with van der Waals surface area (Å²) in [6, 6.07) is 11.7. The Morgan fingerprint density at radius 3 is 2.88 bits per heavy atom. The molecule has 3 aromatic rings. The van der Waals surface area contributed by atoms with Crippen LogP contribution >= 0.6 is 15.9 Å². The molecule has 2 aromatic carbocycles. The van der Waals surface area contributed by atoms with Crippen molar-refractivity contribution in [3.05, 3.63) is 57.2 Å². The predicted molar refractivity (Wildman–Crippen MR) is 93.1 cm³/mol. The van der Waals surface area contributed by atoms with Crippen LogP contribution in [0.2, 0.25) is 0 Å². The van der Waals surface area contributed by atoms with Crippen LogP contribution < -0.4 is 15.7 Å². The normalized spacial score (nSPS) is 10.7. The first-order valence-corrected chi connectivity index (χ1v) is 8.13. The van der Waals surface area contributed by atoms with Crippen LogP contribution in [0, 0.1) is 0 Å². The molecule has 124 valence electrons. The van der Waals surface area contributed by atoms with Gasteiger partial charge in [0.05, 0.1) is 4.47 Å². The SMILES string of the molecule is O=C(COc1ccc2ccccc2c1Br)NCCc1n[nH]c(=O)[nH]1. The van der Waals surface area contributed by atoms with Crippen LogP contribution in [0.25, 0.3) is 10.8 Å². The van der Waals surface area contributed by atoms with Crippen molar-refractivity contribution >= 4 is 32.6 Å². The first kappa shape index (κ1) is 16.3. The number of fused-ring (bicyclic) bond motifs is 1. The van der Waals surface area contributed by atoms with Crippen LogP contribution in [-0.2, 0) is 11.2 Å². The number of nitrogens with one attached hydrogen (secondary N) is 3. The average molecular weight is 391 g/mol. The molecular formula is C16H15BrN4O3. The zero-order valence-corrected chi connectivity index (χ0v) is 14.2. The third-order valence-corrected chi connectivity index (χ3v) is 4.24. The molecule has 0 fully saturated rings. The van der Waals surface area contributed by atoms with Crippen molar-refractivity contribution < 1.29 is 9.53 Å². The lowest BCUT2D eigenvalue weighted by atomic mass is 10.1. The molecule has 0 atom stereocenters. The van der Waals surface area contributed by atoms with E-state index in [9.17, 15) is 9.59 Å². The number of H-pyrrole nitrogens is 2. The standard InChI is InChI=1S/C16H15BrN4O3/c17-15-11-4-2-1-3-10(11)5-6-12(15)24-9-14(22)18-8-7-13-19-16(23)21-20-13/h1-6H,7-9H2,(H,18,22)(H2,19,20,21,23). The number of carbonyl (C=O) groups is 1. The van der Waals surface area contributed by atoms with Gasteiger partial charge in [-0.1, -0.05) is 30.3 Å². The van der Waals surface area contributed by atoms with Crippen molar-refractivity contribution in [3.63, 3.8) is 0 Å². The van der Waals surface area contributed by atoms with E-state index >= 15 is 0 Å². The summed E-state index contributed by atoms with van der Waals surface area (Å²) in [6.45, 7) is 0.274. The number of amides is 1. The molecule has 0 saturated carbocycles. The number of ether oxygens (including phenoxy) is 1. The van der Waals surface area contributed by atoms with Gasteiger partial charge in [-0.2, -0.15) is 5.10 Å². The van der Waals surface area contributed by atoms with Crippen LogP contribution in [0.5, 0.6) is 5.75 Å². The Kier molecular flexibility index (Phi) is 4.95. The number of rotatable bonds is 6. The Bertz CT molecular complexity index is 919. The van der Waals surface area contributed by atoms with Gasteiger partial charge in [0.25, 0.3) is 5.91 Å². The van der Waals surface area contributed by atoms with Crippen molar-refractivity contribution in [1.82, 2.24) is 20.5 Å². The van der Waals surface area contributed by atoms with Crippen molar-refractivity contribution in [3.8, 4) is 5.75 Å². The zero-order valence-electron chi connectivity index (χ0n) is 12.6. The van der Waals surface area contributed by atoms with E-state index in [1.807, 2.05) is 36.4 Å². The summed E-state index contributed by atoms with van der Waals surface area (Å²) in [7, 11) is 0. The maximum Gasteiger partial charge on any atom is 0.340 e. The minimum Gasteiger partial charge on any atom is -0.483 e. The molecule has 1 aromatic heterocycles. The minimum atomic E-state index is -0.360. The molecule has 0 aliphatic carbocycles. The lowest BCUT2D eigenvalue weighted by Gasteiger charge is -2.10. The highest BCUT2D eigenvalue weighted by Crippen LogP contribution is 2.32. The van der Waals surface area contributed by atoms with E-state index in [2.05, 4.69) is 36.4 Å². The first-order chi connectivity index (χ1) is 11.6. The molecule has 3 rings (SSSR count). The third kappa shape index (κ3) is 3.83. The zero-order chi connectivity index (χ0) is 16.9. The molecule has 0 aliphatic rings. The number of aromatic amines is 2. The van der Waals surface area contributed by atoms with Crippen LogP contribution in [-0.4, -0.2) is 34.2 Å². The van der Waals surface area contributed by atoms with Crippen molar-refractivity contribution in [2.75, 3.05) is 13.2 Å². The molecule has 24 heavy (non-hydrogen) atoms. The quantitative estimate of drug-likeness (QED) is 0.596. The highest BCUT2D eigenvalue weighted by atomic mass is 79.9. The van der Waals surface area contributed by atoms with Crippen molar-refractivity contribution in [1.29, 1.82) is 0 Å². The second-order valence-corrected chi connectivity index (χ2v) is 5.90. The van der Waals surface area contributed by atoms with Gasteiger partial charge in [0.2, 0.25) is 0 Å². The molecule has 8 heteroatoms. The minimum absolute atomic E-state index is 0.0893. The van der Waals surface area contributed by atoms with Gasteiger partial charge in [0.15, 0.2) is 6.61 Å². The van der Waals surface area contributed by atoms with Crippen LogP contribution in [0.1, 0.15) is 5.82 Å². The average Bonchev–Trinajstić information content (AvgIpc) is 3.00. The lowest BCUT2D eigenvalue weighted by Crippen LogP contribution is -2.30. The molecule has 0 bridgehead atoms. The topological polar surface area (TPSA) is 99.9 Å². The molecular weight excluding hydrogens is 376 g/mol. The number of benzene rings is 2. The molecule has 1 amide bonds. The van der Waals surface area contributed by atoms with Crippen LogP contribution in [0.4, 0.5) is 0 Å². The second kappa shape index (κ2) is 7.31. The molecule has 0 spiro atoms. The Hall–Kier alpha value is -2.61. The maximum absolute atomic E-state index is 11.8. The molecule has 0 saturated heterocycles.